The molecule has 3 aromatic rings. The topological polar surface area (TPSA) is 50.2 Å². The summed E-state index contributed by atoms with van der Waals surface area (Å²) >= 11 is 5.97. The second kappa shape index (κ2) is 9.42. The lowest BCUT2D eigenvalue weighted by Gasteiger charge is -2.26. The van der Waals surface area contributed by atoms with Gasteiger partial charge < -0.3 is 10.2 Å². The van der Waals surface area contributed by atoms with E-state index in [0.29, 0.717) is 18.7 Å². The van der Waals surface area contributed by atoms with Crippen molar-refractivity contribution < 1.29 is 4.79 Å². The van der Waals surface area contributed by atoms with Crippen LogP contribution in [0.3, 0.4) is 0 Å². The minimum atomic E-state index is -0.0233. The number of nitrogens with one attached hydrogen (secondary N) is 1. The maximum absolute atomic E-state index is 12.6. The van der Waals surface area contributed by atoms with Gasteiger partial charge in [0.2, 0.25) is 0 Å². The van der Waals surface area contributed by atoms with Gasteiger partial charge in [0, 0.05) is 22.5 Å². The van der Waals surface area contributed by atoms with Gasteiger partial charge in [0.25, 0.3) is 5.91 Å². The average molecular weight is 411 g/mol. The second-order valence-corrected chi connectivity index (χ2v) is 8.15. The molecule has 5 nitrogen and oxygen atoms in total. The van der Waals surface area contributed by atoms with Gasteiger partial charge in [0.1, 0.15) is 0 Å². The maximum atomic E-state index is 12.6. The van der Waals surface area contributed by atoms with E-state index >= 15 is 0 Å². The molecule has 0 unspecified atom stereocenters. The molecule has 4 rings (SSSR count). The number of carbonyl (C=O) groups excluding carboxylic acids is 1. The number of hydrogen-bond acceptors (Lipinski definition) is 3. The normalized spacial score (nSPS) is 14.9. The van der Waals surface area contributed by atoms with Crippen LogP contribution in [0.4, 0.5) is 0 Å². The summed E-state index contributed by atoms with van der Waals surface area (Å²) in [7, 11) is 0. The van der Waals surface area contributed by atoms with Crippen LogP contribution in [-0.2, 0) is 6.54 Å². The molecule has 1 aromatic heterocycles. The van der Waals surface area contributed by atoms with Crippen LogP contribution in [0.25, 0.3) is 10.9 Å². The van der Waals surface area contributed by atoms with Gasteiger partial charge in [-0.05, 0) is 68.7 Å². The Hall–Kier alpha value is -2.37. The molecule has 0 aliphatic carbocycles. The number of hydrogen-bond donors (Lipinski definition) is 1. The molecule has 152 valence electrons. The Kier molecular flexibility index (Phi) is 6.47. The summed E-state index contributed by atoms with van der Waals surface area (Å²) in [5.74, 6) is -0.0233. The van der Waals surface area contributed by atoms with E-state index in [1.54, 1.807) is 0 Å². The van der Waals surface area contributed by atoms with E-state index in [1.807, 2.05) is 53.3 Å². The predicted molar refractivity (Wildman–Crippen MR) is 118 cm³/mol. The first-order valence-corrected chi connectivity index (χ1v) is 10.8. The fourth-order valence-electron chi connectivity index (χ4n) is 3.89. The summed E-state index contributed by atoms with van der Waals surface area (Å²) in [5.41, 5.74) is 2.75. The van der Waals surface area contributed by atoms with Crippen LogP contribution in [0.2, 0.25) is 5.02 Å². The minimum Gasteiger partial charge on any atom is -0.352 e. The summed E-state index contributed by atoms with van der Waals surface area (Å²) in [5, 5.41) is 9.30. The number of piperidine rings is 1. The molecule has 1 aliphatic heterocycles. The van der Waals surface area contributed by atoms with E-state index in [9.17, 15) is 4.79 Å². The van der Waals surface area contributed by atoms with Gasteiger partial charge >= 0.3 is 0 Å². The Morgan fingerprint density at radius 3 is 2.66 bits per heavy atom. The molecule has 1 amide bonds. The Balaban J connectivity index is 1.37. The molecular formula is C23H27ClN4O. The lowest BCUT2D eigenvalue weighted by molar-refractivity contribution is 0.0951. The number of nitrogens with zero attached hydrogens (tertiary/aromatic N) is 3. The van der Waals surface area contributed by atoms with E-state index in [1.165, 1.54) is 32.4 Å². The Morgan fingerprint density at radius 1 is 1.07 bits per heavy atom. The first-order chi connectivity index (χ1) is 14.2. The van der Waals surface area contributed by atoms with Gasteiger partial charge in [-0.1, -0.05) is 36.2 Å². The number of halogens is 1. The molecule has 0 atom stereocenters. The van der Waals surface area contributed by atoms with Crippen molar-refractivity contribution in [1.82, 2.24) is 20.0 Å². The van der Waals surface area contributed by atoms with Gasteiger partial charge in [-0.2, -0.15) is 5.10 Å². The molecule has 29 heavy (non-hydrogen) atoms. The van der Waals surface area contributed by atoms with Crippen molar-refractivity contribution in [2.24, 2.45) is 0 Å². The van der Waals surface area contributed by atoms with Gasteiger partial charge in [-0.25, -0.2) is 0 Å². The zero-order valence-electron chi connectivity index (χ0n) is 16.6. The Morgan fingerprint density at radius 2 is 1.86 bits per heavy atom. The third-order valence-corrected chi connectivity index (χ3v) is 5.79. The quantitative estimate of drug-likeness (QED) is 0.589. The number of carbonyl (C=O) groups is 1. The molecule has 0 bridgehead atoms. The van der Waals surface area contributed by atoms with Gasteiger partial charge in [0.05, 0.1) is 18.3 Å². The van der Waals surface area contributed by atoms with Gasteiger partial charge in [0.15, 0.2) is 0 Å². The summed E-state index contributed by atoms with van der Waals surface area (Å²) in [6.07, 6.45) is 6.78. The largest absolute Gasteiger partial charge is 0.352 e. The van der Waals surface area contributed by atoms with E-state index in [-0.39, 0.29) is 5.91 Å². The van der Waals surface area contributed by atoms with Crippen LogP contribution in [0.5, 0.6) is 0 Å². The zero-order chi connectivity index (χ0) is 20.1. The van der Waals surface area contributed by atoms with Crippen molar-refractivity contribution >= 4 is 28.4 Å². The molecule has 1 aliphatic rings. The van der Waals surface area contributed by atoms with E-state index in [0.717, 1.165) is 34.5 Å². The number of likely N-dealkylation sites (tertiary alicyclic amines) is 1. The summed E-state index contributed by atoms with van der Waals surface area (Å²) < 4.78 is 1.92. The number of fused-ring (bicyclic) bond motifs is 1. The lowest BCUT2D eigenvalue weighted by Crippen LogP contribution is -2.33. The SMILES string of the molecule is O=C(NCCCN1CCCCC1)c1ccc2cnn(Cc3ccc(Cl)cc3)c2c1. The number of amides is 1. The highest BCUT2D eigenvalue weighted by Crippen LogP contribution is 2.18. The third kappa shape index (κ3) is 5.17. The van der Waals surface area contributed by atoms with E-state index < -0.39 is 0 Å². The number of benzene rings is 2. The molecule has 1 saturated heterocycles. The fourth-order valence-corrected chi connectivity index (χ4v) is 4.02. The van der Waals surface area contributed by atoms with Crippen molar-refractivity contribution in [3.8, 4) is 0 Å². The molecular weight excluding hydrogens is 384 g/mol. The van der Waals surface area contributed by atoms with Crippen molar-refractivity contribution in [3.05, 3.63) is 64.8 Å². The van der Waals surface area contributed by atoms with Crippen LogP contribution in [0.15, 0.2) is 48.7 Å². The second-order valence-electron chi connectivity index (χ2n) is 7.71. The molecule has 0 saturated carbocycles. The van der Waals surface area contributed by atoms with Crippen LogP contribution >= 0.6 is 11.6 Å². The Labute approximate surface area is 176 Å². The molecule has 2 heterocycles. The molecule has 1 N–H and O–H groups in total. The highest BCUT2D eigenvalue weighted by molar-refractivity contribution is 6.30. The van der Waals surface area contributed by atoms with Crippen molar-refractivity contribution in [1.29, 1.82) is 0 Å². The summed E-state index contributed by atoms with van der Waals surface area (Å²) in [6, 6.07) is 13.5. The molecule has 6 heteroatoms. The van der Waals surface area contributed by atoms with Crippen molar-refractivity contribution in [2.45, 2.75) is 32.2 Å². The zero-order valence-corrected chi connectivity index (χ0v) is 17.4. The van der Waals surface area contributed by atoms with Crippen LogP contribution in [0, 0.1) is 0 Å². The van der Waals surface area contributed by atoms with Crippen LogP contribution in [-0.4, -0.2) is 46.8 Å². The minimum absolute atomic E-state index is 0.0233. The van der Waals surface area contributed by atoms with E-state index in [2.05, 4.69) is 15.3 Å². The predicted octanol–water partition coefficient (Wildman–Crippen LogP) is 4.34. The summed E-state index contributed by atoms with van der Waals surface area (Å²) in [4.78, 5) is 15.1. The average Bonchev–Trinajstić information content (AvgIpc) is 3.15. The highest BCUT2D eigenvalue weighted by Gasteiger charge is 2.11. The van der Waals surface area contributed by atoms with Crippen molar-refractivity contribution in [3.63, 3.8) is 0 Å². The first-order valence-electron chi connectivity index (χ1n) is 10.4. The fraction of sp³-hybridized carbons (Fsp3) is 0.391. The third-order valence-electron chi connectivity index (χ3n) is 5.54. The van der Waals surface area contributed by atoms with Gasteiger partial charge in [-0.15, -0.1) is 0 Å². The lowest BCUT2D eigenvalue weighted by atomic mass is 10.1. The van der Waals surface area contributed by atoms with Crippen LogP contribution < -0.4 is 5.32 Å². The first kappa shape index (κ1) is 19.9. The molecule has 0 spiro atoms. The molecule has 2 aromatic carbocycles. The number of aromatic nitrogens is 2. The Bertz CT molecular complexity index is 961. The van der Waals surface area contributed by atoms with E-state index in [4.69, 9.17) is 11.6 Å². The standard InChI is InChI=1S/C23H27ClN4O/c24-21-9-5-18(6-10-21)17-28-22-15-19(7-8-20(22)16-26-28)23(29)25-11-4-14-27-12-2-1-3-13-27/h5-10,15-16H,1-4,11-14,17H2,(H,25,29). The maximum Gasteiger partial charge on any atom is 0.251 e. The monoisotopic (exact) mass is 410 g/mol. The molecule has 1 fully saturated rings. The summed E-state index contributed by atoms with van der Waals surface area (Å²) in [6.45, 7) is 4.80. The van der Waals surface area contributed by atoms with Crippen LogP contribution in [0.1, 0.15) is 41.6 Å². The van der Waals surface area contributed by atoms with Gasteiger partial charge in [-0.3, -0.25) is 9.48 Å². The highest BCUT2D eigenvalue weighted by atomic mass is 35.5. The molecule has 0 radical (unpaired) electrons. The number of rotatable bonds is 7. The smallest absolute Gasteiger partial charge is 0.251 e. The van der Waals surface area contributed by atoms with Crippen molar-refractivity contribution in [2.75, 3.05) is 26.2 Å².